The average Bonchev–Trinajstić information content (AvgIpc) is 2.88. The van der Waals surface area contributed by atoms with Gasteiger partial charge in [0.15, 0.2) is 5.82 Å². The molecular formula is C16H19N7. The van der Waals surface area contributed by atoms with Crippen LogP contribution in [0.5, 0.6) is 0 Å². The van der Waals surface area contributed by atoms with Crippen molar-refractivity contribution in [3.05, 3.63) is 41.7 Å². The molecule has 0 aromatic carbocycles. The Kier molecular flexibility index (Phi) is 3.77. The number of rotatable bonds is 3. The van der Waals surface area contributed by atoms with Crippen molar-refractivity contribution in [3.8, 4) is 17.1 Å². The van der Waals surface area contributed by atoms with Gasteiger partial charge in [-0.25, -0.2) is 19.6 Å². The van der Waals surface area contributed by atoms with Crippen molar-refractivity contribution in [3.63, 3.8) is 0 Å². The highest BCUT2D eigenvalue weighted by molar-refractivity contribution is 5.60. The summed E-state index contributed by atoms with van der Waals surface area (Å²) in [6.07, 6.45) is 3.57. The molecule has 0 atom stereocenters. The van der Waals surface area contributed by atoms with Crippen LogP contribution in [0.1, 0.15) is 17.2 Å². The van der Waals surface area contributed by atoms with Gasteiger partial charge in [-0.1, -0.05) is 0 Å². The predicted octanol–water partition coefficient (Wildman–Crippen LogP) is 2.11. The van der Waals surface area contributed by atoms with Gasteiger partial charge in [-0.2, -0.15) is 5.10 Å². The summed E-state index contributed by atoms with van der Waals surface area (Å²) < 4.78 is 1.81. The van der Waals surface area contributed by atoms with Crippen LogP contribution >= 0.6 is 0 Å². The number of nitrogens with zero attached hydrogens (tertiary/aromatic N) is 7. The summed E-state index contributed by atoms with van der Waals surface area (Å²) in [4.78, 5) is 19.6. The molecule has 0 saturated heterocycles. The highest BCUT2D eigenvalue weighted by Crippen LogP contribution is 2.24. The minimum atomic E-state index is 0.675. The Labute approximate surface area is 135 Å². The first-order chi connectivity index (χ1) is 11.0. The van der Waals surface area contributed by atoms with Gasteiger partial charge in [0, 0.05) is 32.2 Å². The number of pyridine rings is 1. The Bertz CT molecular complexity index is 851. The normalized spacial score (nSPS) is 10.8. The molecule has 7 nitrogen and oxygen atoms in total. The van der Waals surface area contributed by atoms with Gasteiger partial charge in [-0.3, -0.25) is 4.98 Å². The molecule has 3 aromatic heterocycles. The van der Waals surface area contributed by atoms with Crippen LogP contribution in [-0.2, 0) is 0 Å². The molecule has 0 amide bonds. The second kappa shape index (κ2) is 5.75. The van der Waals surface area contributed by atoms with Gasteiger partial charge in [-0.15, -0.1) is 0 Å². The van der Waals surface area contributed by atoms with E-state index in [2.05, 4.69) is 25.0 Å². The summed E-state index contributed by atoms with van der Waals surface area (Å²) in [5.74, 6) is 2.11. The van der Waals surface area contributed by atoms with Gasteiger partial charge in [0.1, 0.15) is 5.82 Å². The minimum Gasteiger partial charge on any atom is -0.347 e. The summed E-state index contributed by atoms with van der Waals surface area (Å²) >= 11 is 0. The summed E-state index contributed by atoms with van der Waals surface area (Å²) in [7, 11) is 3.84. The van der Waals surface area contributed by atoms with E-state index in [-0.39, 0.29) is 0 Å². The van der Waals surface area contributed by atoms with E-state index in [1.807, 2.05) is 56.6 Å². The van der Waals surface area contributed by atoms with Gasteiger partial charge in [0.25, 0.3) is 0 Å². The third-order valence-corrected chi connectivity index (χ3v) is 3.45. The molecule has 0 fully saturated rings. The number of anilines is 1. The second-order valence-corrected chi connectivity index (χ2v) is 5.61. The molecule has 0 aliphatic carbocycles. The first-order valence-electron chi connectivity index (χ1n) is 7.33. The highest BCUT2D eigenvalue weighted by atomic mass is 15.4. The molecule has 0 saturated carbocycles. The molecule has 0 radical (unpaired) electrons. The van der Waals surface area contributed by atoms with E-state index in [1.165, 1.54) is 0 Å². The van der Waals surface area contributed by atoms with Crippen LogP contribution in [0.4, 0.5) is 5.95 Å². The zero-order valence-corrected chi connectivity index (χ0v) is 13.9. The number of hydrogen-bond donors (Lipinski definition) is 0. The first kappa shape index (κ1) is 15.1. The molecule has 0 unspecified atom stereocenters. The predicted molar refractivity (Wildman–Crippen MR) is 88.7 cm³/mol. The number of aryl methyl sites for hydroxylation is 3. The molecule has 3 heterocycles. The van der Waals surface area contributed by atoms with Gasteiger partial charge in [-0.05, 0) is 32.9 Å². The van der Waals surface area contributed by atoms with Gasteiger partial charge < -0.3 is 4.90 Å². The first-order valence-corrected chi connectivity index (χ1v) is 7.33. The lowest BCUT2D eigenvalue weighted by atomic mass is 10.2. The Morgan fingerprint density at radius 3 is 2.48 bits per heavy atom. The summed E-state index contributed by atoms with van der Waals surface area (Å²) in [5.41, 5.74) is 3.58. The smallest absolute Gasteiger partial charge is 0.225 e. The van der Waals surface area contributed by atoms with Gasteiger partial charge in [0.2, 0.25) is 5.95 Å². The zero-order valence-electron chi connectivity index (χ0n) is 13.9. The molecule has 3 aromatic rings. The maximum absolute atomic E-state index is 4.56. The van der Waals surface area contributed by atoms with Crippen molar-refractivity contribution in [2.75, 3.05) is 19.0 Å². The SMILES string of the molecule is Cc1cc(-n2nc(C)nc2-c2cnc(N(C)C)nc2C)ccn1. The van der Waals surface area contributed by atoms with Crippen molar-refractivity contribution in [1.82, 2.24) is 29.7 Å². The molecule has 0 N–H and O–H groups in total. The quantitative estimate of drug-likeness (QED) is 0.738. The van der Waals surface area contributed by atoms with Crippen molar-refractivity contribution in [2.24, 2.45) is 0 Å². The van der Waals surface area contributed by atoms with Crippen molar-refractivity contribution < 1.29 is 0 Å². The van der Waals surface area contributed by atoms with E-state index in [4.69, 9.17) is 0 Å². The standard InChI is InChI=1S/C16H19N7/c1-10-8-13(6-7-17-10)23-15(20-12(3)21-23)14-9-18-16(22(4)5)19-11(14)2/h6-9H,1-5H3. The molecular weight excluding hydrogens is 290 g/mol. The van der Waals surface area contributed by atoms with Crippen LogP contribution in [-0.4, -0.2) is 43.8 Å². The molecule has 0 aliphatic heterocycles. The topological polar surface area (TPSA) is 72.6 Å². The van der Waals surface area contributed by atoms with E-state index in [0.29, 0.717) is 11.8 Å². The summed E-state index contributed by atoms with van der Waals surface area (Å²) in [6, 6.07) is 3.89. The Balaban J connectivity index is 2.15. The molecule has 7 heteroatoms. The van der Waals surface area contributed by atoms with Crippen LogP contribution in [0.2, 0.25) is 0 Å². The molecule has 0 aliphatic rings. The Morgan fingerprint density at radius 2 is 1.83 bits per heavy atom. The molecule has 118 valence electrons. The Morgan fingerprint density at radius 1 is 1.04 bits per heavy atom. The summed E-state index contributed by atoms with van der Waals surface area (Å²) in [5, 5.41) is 4.51. The number of hydrogen-bond acceptors (Lipinski definition) is 6. The fourth-order valence-electron chi connectivity index (χ4n) is 2.32. The van der Waals surface area contributed by atoms with Crippen LogP contribution in [0.3, 0.4) is 0 Å². The third kappa shape index (κ3) is 2.90. The monoisotopic (exact) mass is 309 g/mol. The molecule has 3 rings (SSSR count). The lowest BCUT2D eigenvalue weighted by Gasteiger charge is -2.12. The van der Waals surface area contributed by atoms with E-state index in [0.717, 1.165) is 28.5 Å². The second-order valence-electron chi connectivity index (χ2n) is 5.61. The number of aromatic nitrogens is 6. The molecule has 0 spiro atoms. The maximum atomic E-state index is 4.56. The zero-order chi connectivity index (χ0) is 16.6. The van der Waals surface area contributed by atoms with E-state index in [9.17, 15) is 0 Å². The minimum absolute atomic E-state index is 0.675. The largest absolute Gasteiger partial charge is 0.347 e. The van der Waals surface area contributed by atoms with Crippen LogP contribution in [0.15, 0.2) is 24.5 Å². The van der Waals surface area contributed by atoms with Gasteiger partial charge >= 0.3 is 0 Å². The van der Waals surface area contributed by atoms with Gasteiger partial charge in [0.05, 0.1) is 16.9 Å². The highest BCUT2D eigenvalue weighted by Gasteiger charge is 2.16. The Hall–Kier alpha value is -2.83. The molecule has 23 heavy (non-hydrogen) atoms. The van der Waals surface area contributed by atoms with Crippen LogP contribution in [0, 0.1) is 20.8 Å². The maximum Gasteiger partial charge on any atom is 0.225 e. The van der Waals surface area contributed by atoms with E-state index >= 15 is 0 Å². The van der Waals surface area contributed by atoms with E-state index < -0.39 is 0 Å². The van der Waals surface area contributed by atoms with Crippen LogP contribution < -0.4 is 4.90 Å². The van der Waals surface area contributed by atoms with Crippen molar-refractivity contribution in [2.45, 2.75) is 20.8 Å². The fourth-order valence-corrected chi connectivity index (χ4v) is 2.32. The molecule has 0 bridgehead atoms. The lowest BCUT2D eigenvalue weighted by molar-refractivity contribution is 0.860. The summed E-state index contributed by atoms with van der Waals surface area (Å²) in [6.45, 7) is 5.78. The van der Waals surface area contributed by atoms with Crippen LogP contribution in [0.25, 0.3) is 17.1 Å². The lowest BCUT2D eigenvalue weighted by Crippen LogP contribution is -2.13. The fraction of sp³-hybridized carbons (Fsp3) is 0.312. The third-order valence-electron chi connectivity index (χ3n) is 3.45. The van der Waals surface area contributed by atoms with E-state index in [1.54, 1.807) is 12.4 Å². The van der Waals surface area contributed by atoms with Crippen molar-refractivity contribution >= 4 is 5.95 Å². The van der Waals surface area contributed by atoms with Crippen molar-refractivity contribution in [1.29, 1.82) is 0 Å². The average molecular weight is 309 g/mol.